The summed E-state index contributed by atoms with van der Waals surface area (Å²) in [6.45, 7) is 2.60. The van der Waals surface area contributed by atoms with E-state index in [1.54, 1.807) is 7.11 Å². The number of ether oxygens (including phenoxy) is 1. The van der Waals surface area contributed by atoms with Gasteiger partial charge in [-0.1, -0.05) is 30.3 Å². The van der Waals surface area contributed by atoms with E-state index in [0.29, 0.717) is 19.7 Å². The summed E-state index contributed by atoms with van der Waals surface area (Å²) in [6.07, 6.45) is 0. The molecular weight excluding hydrogens is 228 g/mol. The lowest BCUT2D eigenvalue weighted by Gasteiger charge is -2.23. The van der Waals surface area contributed by atoms with Crippen LogP contribution in [0.5, 0.6) is 0 Å². The Morgan fingerprint density at radius 3 is 2.61 bits per heavy atom. The Hall–Kier alpha value is -1.41. The van der Waals surface area contributed by atoms with Crippen molar-refractivity contribution in [2.75, 3.05) is 40.0 Å². The standard InChI is InChI=1S/C14H20N2O2/c1-18-10-8-16(7-9-17)12-14(11-15)13-5-3-2-4-6-13/h2-6,14,17H,7-10,12H2,1H3. The van der Waals surface area contributed by atoms with E-state index in [2.05, 4.69) is 6.07 Å². The summed E-state index contributed by atoms with van der Waals surface area (Å²) in [7, 11) is 1.65. The number of methoxy groups -OCH3 is 1. The molecule has 98 valence electrons. The normalized spacial score (nSPS) is 12.3. The first-order valence-corrected chi connectivity index (χ1v) is 6.08. The first-order chi connectivity index (χ1) is 8.81. The van der Waals surface area contributed by atoms with Gasteiger partial charge in [-0.3, -0.25) is 4.90 Å². The number of rotatable bonds is 8. The van der Waals surface area contributed by atoms with E-state index in [-0.39, 0.29) is 12.5 Å². The zero-order valence-corrected chi connectivity index (χ0v) is 10.7. The molecule has 1 N–H and O–H groups in total. The third-order valence-electron chi connectivity index (χ3n) is 2.83. The molecule has 0 spiro atoms. The summed E-state index contributed by atoms with van der Waals surface area (Å²) in [5, 5.41) is 18.3. The van der Waals surface area contributed by atoms with Crippen LogP contribution < -0.4 is 0 Å². The summed E-state index contributed by atoms with van der Waals surface area (Å²) in [6, 6.07) is 12.0. The van der Waals surface area contributed by atoms with Crippen LogP contribution in [0.1, 0.15) is 11.5 Å². The van der Waals surface area contributed by atoms with Crippen LogP contribution in [0.25, 0.3) is 0 Å². The van der Waals surface area contributed by atoms with Crippen LogP contribution in [-0.2, 0) is 4.74 Å². The Bertz CT molecular complexity index is 362. The molecule has 4 nitrogen and oxygen atoms in total. The maximum atomic E-state index is 9.25. The third kappa shape index (κ3) is 4.84. The zero-order chi connectivity index (χ0) is 13.2. The molecule has 0 bridgehead atoms. The summed E-state index contributed by atoms with van der Waals surface area (Å²) in [5.41, 5.74) is 1.01. The first kappa shape index (κ1) is 14.7. The highest BCUT2D eigenvalue weighted by atomic mass is 16.5. The lowest BCUT2D eigenvalue weighted by molar-refractivity contribution is 0.129. The van der Waals surface area contributed by atoms with Gasteiger partial charge < -0.3 is 9.84 Å². The number of hydrogen-bond acceptors (Lipinski definition) is 4. The van der Waals surface area contributed by atoms with E-state index < -0.39 is 0 Å². The molecule has 0 saturated heterocycles. The number of hydrogen-bond donors (Lipinski definition) is 1. The summed E-state index contributed by atoms with van der Waals surface area (Å²) in [4.78, 5) is 2.05. The second-order valence-electron chi connectivity index (χ2n) is 4.11. The van der Waals surface area contributed by atoms with E-state index in [0.717, 1.165) is 12.1 Å². The van der Waals surface area contributed by atoms with Crippen molar-refractivity contribution in [1.29, 1.82) is 5.26 Å². The highest BCUT2D eigenvalue weighted by Gasteiger charge is 2.15. The average Bonchev–Trinajstić information content (AvgIpc) is 2.43. The zero-order valence-electron chi connectivity index (χ0n) is 10.7. The van der Waals surface area contributed by atoms with E-state index in [4.69, 9.17) is 9.84 Å². The highest BCUT2D eigenvalue weighted by molar-refractivity contribution is 5.25. The number of nitriles is 1. The Kier molecular flexibility index (Phi) is 7.04. The monoisotopic (exact) mass is 248 g/mol. The quantitative estimate of drug-likeness (QED) is 0.752. The third-order valence-corrected chi connectivity index (χ3v) is 2.83. The van der Waals surface area contributed by atoms with Crippen LogP contribution in [0.3, 0.4) is 0 Å². The van der Waals surface area contributed by atoms with Crippen molar-refractivity contribution in [2.45, 2.75) is 5.92 Å². The molecule has 0 aliphatic carbocycles. The van der Waals surface area contributed by atoms with Gasteiger partial charge in [-0.2, -0.15) is 5.26 Å². The van der Waals surface area contributed by atoms with Crippen LogP contribution in [0.4, 0.5) is 0 Å². The minimum absolute atomic E-state index is 0.0939. The maximum Gasteiger partial charge on any atom is 0.0839 e. The number of benzene rings is 1. The maximum absolute atomic E-state index is 9.25. The molecule has 1 aromatic carbocycles. The van der Waals surface area contributed by atoms with Gasteiger partial charge in [-0.05, 0) is 5.56 Å². The Morgan fingerprint density at radius 1 is 1.33 bits per heavy atom. The van der Waals surface area contributed by atoms with Gasteiger partial charge in [-0.15, -0.1) is 0 Å². The molecule has 18 heavy (non-hydrogen) atoms. The van der Waals surface area contributed by atoms with Crippen LogP contribution in [-0.4, -0.2) is 50.0 Å². The van der Waals surface area contributed by atoms with Crippen molar-refractivity contribution in [2.24, 2.45) is 0 Å². The molecule has 0 aliphatic heterocycles. The van der Waals surface area contributed by atoms with E-state index >= 15 is 0 Å². The predicted molar refractivity (Wildman–Crippen MR) is 70.2 cm³/mol. The second-order valence-corrected chi connectivity index (χ2v) is 4.11. The van der Waals surface area contributed by atoms with Crippen molar-refractivity contribution in [3.63, 3.8) is 0 Å². The SMILES string of the molecule is COCCN(CCO)CC(C#N)c1ccccc1. The van der Waals surface area contributed by atoms with E-state index in [1.807, 2.05) is 35.2 Å². The molecule has 4 heteroatoms. The average molecular weight is 248 g/mol. The summed E-state index contributed by atoms with van der Waals surface area (Å²) < 4.78 is 5.03. The second kappa shape index (κ2) is 8.65. The van der Waals surface area contributed by atoms with Crippen molar-refractivity contribution < 1.29 is 9.84 Å². The van der Waals surface area contributed by atoms with Crippen molar-refractivity contribution in [1.82, 2.24) is 4.90 Å². The van der Waals surface area contributed by atoms with Gasteiger partial charge in [0, 0.05) is 26.7 Å². The molecule has 0 heterocycles. The van der Waals surface area contributed by atoms with Crippen molar-refractivity contribution in [3.8, 4) is 6.07 Å². The molecular formula is C14H20N2O2. The topological polar surface area (TPSA) is 56.5 Å². The van der Waals surface area contributed by atoms with Crippen LogP contribution >= 0.6 is 0 Å². The van der Waals surface area contributed by atoms with Gasteiger partial charge >= 0.3 is 0 Å². The molecule has 1 rings (SSSR count). The number of aliphatic hydroxyl groups excluding tert-OH is 1. The minimum atomic E-state index is -0.172. The summed E-state index contributed by atoms with van der Waals surface area (Å²) in [5.74, 6) is -0.172. The number of nitrogens with zero attached hydrogens (tertiary/aromatic N) is 2. The highest BCUT2D eigenvalue weighted by Crippen LogP contribution is 2.15. The van der Waals surface area contributed by atoms with Crippen LogP contribution in [0.2, 0.25) is 0 Å². The lowest BCUT2D eigenvalue weighted by Crippen LogP contribution is -2.33. The molecule has 1 aromatic rings. The van der Waals surface area contributed by atoms with Gasteiger partial charge in [0.25, 0.3) is 0 Å². The Labute approximate surface area is 108 Å². The summed E-state index contributed by atoms with van der Waals surface area (Å²) >= 11 is 0. The molecule has 1 unspecified atom stereocenters. The van der Waals surface area contributed by atoms with Crippen molar-refractivity contribution >= 4 is 0 Å². The molecule has 0 aromatic heterocycles. The molecule has 0 saturated carbocycles. The fourth-order valence-corrected chi connectivity index (χ4v) is 1.82. The first-order valence-electron chi connectivity index (χ1n) is 6.08. The van der Waals surface area contributed by atoms with Gasteiger partial charge in [0.2, 0.25) is 0 Å². The van der Waals surface area contributed by atoms with Crippen molar-refractivity contribution in [3.05, 3.63) is 35.9 Å². The fourth-order valence-electron chi connectivity index (χ4n) is 1.82. The molecule has 0 amide bonds. The van der Waals surface area contributed by atoms with E-state index in [1.165, 1.54) is 0 Å². The molecule has 0 radical (unpaired) electrons. The van der Waals surface area contributed by atoms with E-state index in [9.17, 15) is 5.26 Å². The lowest BCUT2D eigenvalue weighted by atomic mass is 10.0. The minimum Gasteiger partial charge on any atom is -0.395 e. The Balaban J connectivity index is 2.62. The molecule has 0 aliphatic rings. The van der Waals surface area contributed by atoms with Crippen LogP contribution in [0.15, 0.2) is 30.3 Å². The largest absolute Gasteiger partial charge is 0.395 e. The van der Waals surface area contributed by atoms with Gasteiger partial charge in [0.05, 0.1) is 25.2 Å². The van der Waals surface area contributed by atoms with Gasteiger partial charge in [0.1, 0.15) is 0 Å². The Morgan fingerprint density at radius 2 is 2.06 bits per heavy atom. The molecule has 1 atom stereocenters. The fraction of sp³-hybridized carbons (Fsp3) is 0.500. The number of aliphatic hydroxyl groups is 1. The molecule has 0 fully saturated rings. The van der Waals surface area contributed by atoms with Gasteiger partial charge in [-0.25, -0.2) is 0 Å². The predicted octanol–water partition coefficient (Wildman–Crippen LogP) is 1.23. The van der Waals surface area contributed by atoms with Crippen LogP contribution in [0, 0.1) is 11.3 Å². The van der Waals surface area contributed by atoms with Gasteiger partial charge in [0.15, 0.2) is 0 Å². The smallest absolute Gasteiger partial charge is 0.0839 e.